The molecule has 0 fully saturated rings. The van der Waals surface area contributed by atoms with Gasteiger partial charge in [0, 0.05) is 12.2 Å². The molecule has 110 valence electrons. The number of aromatic nitrogens is 1. The molecule has 1 heterocycles. The molecular weight excluding hydrogens is 316 g/mol. The lowest BCUT2D eigenvalue weighted by Crippen LogP contribution is -2.38. The van der Waals surface area contributed by atoms with E-state index < -0.39 is 0 Å². The lowest BCUT2D eigenvalue weighted by Gasteiger charge is -2.27. The normalized spacial score (nSPS) is 10.4. The van der Waals surface area contributed by atoms with Crippen LogP contribution in [0.25, 0.3) is 0 Å². The van der Waals surface area contributed by atoms with Crippen LogP contribution >= 0.6 is 35.6 Å². The first-order chi connectivity index (χ1) is 9.47. The van der Waals surface area contributed by atoms with Gasteiger partial charge in [-0.3, -0.25) is 4.79 Å². The number of amides is 1. The molecule has 0 aliphatic carbocycles. The molecular formula is C13H17ClN2O2S2. The fourth-order valence-electron chi connectivity index (χ4n) is 1.61. The highest BCUT2D eigenvalue weighted by Gasteiger charge is 2.22. The lowest BCUT2D eigenvalue weighted by molar-refractivity contribution is -0.116. The Labute approximate surface area is 133 Å². The smallest absolute Gasteiger partial charge is 0.237 e. The zero-order chi connectivity index (χ0) is 15.1. The molecule has 1 aromatic rings. The highest BCUT2D eigenvalue weighted by Crippen LogP contribution is 2.25. The van der Waals surface area contributed by atoms with E-state index in [2.05, 4.69) is 4.98 Å². The van der Waals surface area contributed by atoms with Crippen LogP contribution in [-0.2, 0) is 9.53 Å². The standard InChI is InChI=1S/C13H17ClN2O2S2/c1-4-18-13(19)20-8-11(17)16(9(2)3)10-6-5-7-15-12(10)14/h5-7,9H,4,8H2,1-3H3. The number of carbonyl (C=O) groups excluding carboxylic acids is 1. The lowest BCUT2D eigenvalue weighted by atomic mass is 10.2. The number of rotatable bonds is 5. The summed E-state index contributed by atoms with van der Waals surface area (Å²) < 4.78 is 5.52. The van der Waals surface area contributed by atoms with Gasteiger partial charge in [-0.05, 0) is 45.1 Å². The van der Waals surface area contributed by atoms with Crippen LogP contribution in [0.1, 0.15) is 20.8 Å². The van der Waals surface area contributed by atoms with Gasteiger partial charge in [0.25, 0.3) is 0 Å². The van der Waals surface area contributed by atoms with Crippen molar-refractivity contribution in [3.8, 4) is 0 Å². The number of halogens is 1. The quantitative estimate of drug-likeness (QED) is 0.609. The second-order valence-corrected chi connectivity index (χ2v) is 6.08. The Bertz CT molecular complexity index is 483. The molecule has 1 rings (SSSR count). The van der Waals surface area contributed by atoms with Crippen LogP contribution < -0.4 is 4.90 Å². The summed E-state index contributed by atoms with van der Waals surface area (Å²) in [5.74, 6) is 0.129. The summed E-state index contributed by atoms with van der Waals surface area (Å²) in [5.41, 5.74) is 0.608. The van der Waals surface area contributed by atoms with E-state index in [1.165, 1.54) is 11.8 Å². The highest BCUT2D eigenvalue weighted by atomic mass is 35.5. The van der Waals surface area contributed by atoms with Gasteiger partial charge in [0.05, 0.1) is 18.0 Å². The molecule has 0 N–H and O–H groups in total. The minimum absolute atomic E-state index is 0.0227. The maximum atomic E-state index is 12.3. The Morgan fingerprint density at radius 1 is 1.60 bits per heavy atom. The zero-order valence-electron chi connectivity index (χ0n) is 11.6. The van der Waals surface area contributed by atoms with Crippen LogP contribution in [0.2, 0.25) is 5.15 Å². The summed E-state index contributed by atoms with van der Waals surface area (Å²) in [6.45, 7) is 6.20. The van der Waals surface area contributed by atoms with Crippen molar-refractivity contribution in [3.05, 3.63) is 23.5 Å². The van der Waals surface area contributed by atoms with Crippen LogP contribution in [0.15, 0.2) is 18.3 Å². The van der Waals surface area contributed by atoms with Gasteiger partial charge in [-0.15, -0.1) is 0 Å². The number of thioether (sulfide) groups is 1. The Hall–Kier alpha value is -0.850. The van der Waals surface area contributed by atoms with Gasteiger partial charge >= 0.3 is 0 Å². The first-order valence-electron chi connectivity index (χ1n) is 6.19. The van der Waals surface area contributed by atoms with Crippen LogP contribution in [0.3, 0.4) is 0 Å². The van der Waals surface area contributed by atoms with Gasteiger partial charge in [-0.2, -0.15) is 0 Å². The number of anilines is 1. The maximum absolute atomic E-state index is 12.3. The highest BCUT2D eigenvalue weighted by molar-refractivity contribution is 8.23. The van der Waals surface area contributed by atoms with E-state index in [0.717, 1.165) is 0 Å². The van der Waals surface area contributed by atoms with Crippen molar-refractivity contribution in [1.29, 1.82) is 0 Å². The molecule has 0 bridgehead atoms. The minimum Gasteiger partial charge on any atom is -0.479 e. The number of thiocarbonyl (C=S) groups is 1. The van der Waals surface area contributed by atoms with Gasteiger partial charge < -0.3 is 9.64 Å². The van der Waals surface area contributed by atoms with Crippen molar-refractivity contribution in [2.24, 2.45) is 0 Å². The molecule has 0 unspecified atom stereocenters. The van der Waals surface area contributed by atoms with E-state index in [-0.39, 0.29) is 17.7 Å². The molecule has 0 atom stereocenters. The molecule has 4 nitrogen and oxygen atoms in total. The number of ether oxygens (including phenoxy) is 1. The van der Waals surface area contributed by atoms with Crippen molar-refractivity contribution < 1.29 is 9.53 Å². The molecule has 1 aromatic heterocycles. The zero-order valence-corrected chi connectivity index (χ0v) is 14.0. The Morgan fingerprint density at radius 2 is 2.30 bits per heavy atom. The number of hydrogen-bond acceptors (Lipinski definition) is 5. The fourth-order valence-corrected chi connectivity index (χ4v) is 2.69. The third-order valence-corrected chi connectivity index (χ3v) is 3.87. The van der Waals surface area contributed by atoms with Crippen LogP contribution in [0, 0.1) is 0 Å². The third kappa shape index (κ3) is 4.92. The molecule has 0 saturated carbocycles. The second-order valence-electron chi connectivity index (χ2n) is 4.14. The Kier molecular flexibility index (Phi) is 7.26. The van der Waals surface area contributed by atoms with Crippen molar-refractivity contribution in [2.45, 2.75) is 26.8 Å². The number of hydrogen-bond donors (Lipinski definition) is 0. The molecule has 1 amide bonds. The SMILES string of the molecule is CCOC(=S)SCC(=O)N(c1cccnc1Cl)C(C)C. The van der Waals surface area contributed by atoms with Crippen molar-refractivity contribution in [3.63, 3.8) is 0 Å². The molecule has 20 heavy (non-hydrogen) atoms. The van der Waals surface area contributed by atoms with Gasteiger partial charge in [0.2, 0.25) is 10.3 Å². The van der Waals surface area contributed by atoms with E-state index in [0.29, 0.717) is 21.8 Å². The van der Waals surface area contributed by atoms with Crippen molar-refractivity contribution in [2.75, 3.05) is 17.3 Å². The molecule has 0 aromatic carbocycles. The van der Waals surface area contributed by atoms with E-state index in [1.807, 2.05) is 20.8 Å². The molecule has 0 spiro atoms. The summed E-state index contributed by atoms with van der Waals surface area (Å²) in [7, 11) is 0. The topological polar surface area (TPSA) is 42.4 Å². The molecule has 0 aliphatic rings. The molecule has 0 saturated heterocycles. The average molecular weight is 333 g/mol. The van der Waals surface area contributed by atoms with Crippen LogP contribution in [-0.4, -0.2) is 33.7 Å². The number of pyridine rings is 1. The minimum atomic E-state index is -0.0815. The van der Waals surface area contributed by atoms with Gasteiger partial charge in [0.15, 0.2) is 5.15 Å². The summed E-state index contributed by atoms with van der Waals surface area (Å²) in [5, 5.41) is 0.312. The average Bonchev–Trinajstić information content (AvgIpc) is 2.39. The van der Waals surface area contributed by atoms with Crippen molar-refractivity contribution >= 4 is 51.6 Å². The second kappa shape index (κ2) is 8.44. The van der Waals surface area contributed by atoms with E-state index >= 15 is 0 Å². The van der Waals surface area contributed by atoms with Gasteiger partial charge in [0.1, 0.15) is 0 Å². The summed E-state index contributed by atoms with van der Waals surface area (Å²) >= 11 is 12.3. The first kappa shape index (κ1) is 17.2. The first-order valence-corrected chi connectivity index (χ1v) is 7.96. The fraction of sp³-hybridized carbons (Fsp3) is 0.462. The third-order valence-electron chi connectivity index (χ3n) is 2.36. The van der Waals surface area contributed by atoms with Crippen LogP contribution in [0.5, 0.6) is 0 Å². The van der Waals surface area contributed by atoms with E-state index in [4.69, 9.17) is 28.6 Å². The molecule has 7 heteroatoms. The summed E-state index contributed by atoms with van der Waals surface area (Å²) in [4.78, 5) is 18.0. The predicted octanol–water partition coefficient (Wildman–Crippen LogP) is 3.53. The largest absolute Gasteiger partial charge is 0.479 e. The molecule has 0 aliphatic heterocycles. The Morgan fingerprint density at radius 3 is 2.85 bits per heavy atom. The monoisotopic (exact) mass is 332 g/mol. The van der Waals surface area contributed by atoms with Gasteiger partial charge in [-0.25, -0.2) is 4.98 Å². The van der Waals surface area contributed by atoms with E-state index in [1.54, 1.807) is 23.2 Å². The maximum Gasteiger partial charge on any atom is 0.237 e. The predicted molar refractivity (Wildman–Crippen MR) is 88.6 cm³/mol. The van der Waals surface area contributed by atoms with Crippen LogP contribution in [0.4, 0.5) is 5.69 Å². The Balaban J connectivity index is 2.79. The van der Waals surface area contributed by atoms with E-state index in [9.17, 15) is 4.79 Å². The van der Waals surface area contributed by atoms with Crippen molar-refractivity contribution in [1.82, 2.24) is 4.98 Å². The van der Waals surface area contributed by atoms with Gasteiger partial charge in [-0.1, -0.05) is 23.4 Å². The number of nitrogens with zero attached hydrogens (tertiary/aromatic N) is 2. The summed E-state index contributed by atoms with van der Waals surface area (Å²) in [6.07, 6.45) is 1.59. The summed E-state index contributed by atoms with van der Waals surface area (Å²) in [6, 6.07) is 3.51. The molecule has 0 radical (unpaired) electrons. The number of carbonyl (C=O) groups is 1.